The van der Waals surface area contributed by atoms with Gasteiger partial charge in [-0.1, -0.05) is 18.2 Å². The first-order valence-electron chi connectivity index (χ1n) is 9.71. The van der Waals surface area contributed by atoms with Gasteiger partial charge in [-0.2, -0.15) is 0 Å². The van der Waals surface area contributed by atoms with Crippen LogP contribution in [0.5, 0.6) is 11.5 Å². The largest absolute Gasteiger partial charge is 0.497 e. The van der Waals surface area contributed by atoms with E-state index in [1.54, 1.807) is 14.2 Å². The van der Waals surface area contributed by atoms with Crippen LogP contribution in [0, 0.1) is 0 Å². The van der Waals surface area contributed by atoms with Crippen molar-refractivity contribution in [1.82, 2.24) is 10.2 Å². The lowest BCUT2D eigenvalue weighted by molar-refractivity contribution is 0.372. The first kappa shape index (κ1) is 23.1. The molecule has 1 fully saturated rings. The Kier molecular flexibility index (Phi) is 9.37. The number of rotatable bonds is 6. The molecular weight excluding hydrogens is 479 g/mol. The van der Waals surface area contributed by atoms with Crippen LogP contribution in [0.3, 0.4) is 0 Å². The Morgan fingerprint density at radius 2 is 1.66 bits per heavy atom. The molecule has 1 aliphatic heterocycles. The maximum absolute atomic E-state index is 5.43. The molecule has 1 N–H and O–H groups in total. The summed E-state index contributed by atoms with van der Waals surface area (Å²) in [5.41, 5.74) is 2.44. The average Bonchev–Trinajstić information content (AvgIpc) is 2.77. The Bertz CT molecular complexity index is 775. The number of methoxy groups -OCH3 is 2. The quantitative estimate of drug-likeness (QED) is 0.368. The molecule has 158 valence electrons. The van der Waals surface area contributed by atoms with Crippen molar-refractivity contribution in [3.63, 3.8) is 0 Å². The maximum Gasteiger partial charge on any atom is 0.193 e. The van der Waals surface area contributed by atoms with Gasteiger partial charge in [0.2, 0.25) is 0 Å². The second-order valence-electron chi connectivity index (χ2n) is 6.71. The van der Waals surface area contributed by atoms with Gasteiger partial charge in [0.25, 0.3) is 0 Å². The van der Waals surface area contributed by atoms with Crippen molar-refractivity contribution in [2.24, 2.45) is 4.99 Å². The fourth-order valence-corrected chi connectivity index (χ4v) is 3.52. The molecule has 0 radical (unpaired) electrons. The van der Waals surface area contributed by atoms with E-state index < -0.39 is 0 Å². The highest BCUT2D eigenvalue weighted by Crippen LogP contribution is 2.20. The number of guanidine groups is 1. The van der Waals surface area contributed by atoms with Crippen LogP contribution in [0.25, 0.3) is 0 Å². The number of hydrogen-bond donors (Lipinski definition) is 1. The van der Waals surface area contributed by atoms with Gasteiger partial charge in [0.1, 0.15) is 11.5 Å². The number of anilines is 1. The van der Waals surface area contributed by atoms with Crippen molar-refractivity contribution in [2.45, 2.75) is 6.42 Å². The summed E-state index contributed by atoms with van der Waals surface area (Å²) in [5.74, 6) is 2.79. The second-order valence-corrected chi connectivity index (χ2v) is 6.71. The summed E-state index contributed by atoms with van der Waals surface area (Å²) < 4.78 is 10.7. The standard InChI is InChI=1S/C22H30N4O2.HI/c1-23-22(24-13-12-18-6-4-5-7-21(18)28-3)26-16-14-25(15-17-26)19-8-10-20(27-2)11-9-19;/h4-11H,12-17H2,1-3H3,(H,23,24);1H. The predicted octanol–water partition coefficient (Wildman–Crippen LogP) is 3.26. The summed E-state index contributed by atoms with van der Waals surface area (Å²) in [4.78, 5) is 9.19. The van der Waals surface area contributed by atoms with Crippen LogP contribution in [0.1, 0.15) is 5.56 Å². The third-order valence-corrected chi connectivity index (χ3v) is 5.10. The summed E-state index contributed by atoms with van der Waals surface area (Å²) in [5, 5.41) is 3.49. The van der Waals surface area contributed by atoms with Crippen LogP contribution in [0.2, 0.25) is 0 Å². The van der Waals surface area contributed by atoms with E-state index in [0.717, 1.165) is 56.6 Å². The van der Waals surface area contributed by atoms with Crippen LogP contribution in [-0.2, 0) is 6.42 Å². The van der Waals surface area contributed by atoms with Gasteiger partial charge in [0.05, 0.1) is 14.2 Å². The van der Waals surface area contributed by atoms with E-state index in [4.69, 9.17) is 9.47 Å². The topological polar surface area (TPSA) is 49.3 Å². The molecule has 3 rings (SSSR count). The van der Waals surface area contributed by atoms with Crippen LogP contribution in [0.4, 0.5) is 5.69 Å². The molecule has 2 aromatic rings. The van der Waals surface area contributed by atoms with E-state index in [1.807, 2.05) is 37.4 Å². The Morgan fingerprint density at radius 1 is 0.966 bits per heavy atom. The van der Waals surface area contributed by atoms with Gasteiger partial charge in [-0.05, 0) is 42.3 Å². The van der Waals surface area contributed by atoms with Crippen molar-refractivity contribution in [3.05, 3.63) is 54.1 Å². The number of ether oxygens (including phenoxy) is 2. The second kappa shape index (κ2) is 11.7. The number of nitrogens with one attached hydrogen (secondary N) is 1. The Morgan fingerprint density at radius 3 is 2.28 bits per heavy atom. The summed E-state index contributed by atoms with van der Waals surface area (Å²) in [6.45, 7) is 4.66. The van der Waals surface area contributed by atoms with Gasteiger partial charge in [-0.3, -0.25) is 4.99 Å². The van der Waals surface area contributed by atoms with E-state index in [9.17, 15) is 0 Å². The molecule has 0 unspecified atom stereocenters. The molecule has 1 saturated heterocycles. The summed E-state index contributed by atoms with van der Waals surface area (Å²) in [6, 6.07) is 16.4. The predicted molar refractivity (Wildman–Crippen MR) is 130 cm³/mol. The van der Waals surface area contributed by atoms with Gasteiger partial charge >= 0.3 is 0 Å². The molecule has 6 nitrogen and oxygen atoms in total. The van der Waals surface area contributed by atoms with E-state index >= 15 is 0 Å². The number of aliphatic imine (C=N–C) groups is 1. The van der Waals surface area contributed by atoms with E-state index in [2.05, 4.69) is 38.3 Å². The zero-order valence-electron chi connectivity index (χ0n) is 17.4. The maximum atomic E-state index is 5.43. The average molecular weight is 510 g/mol. The Hall–Kier alpha value is -2.16. The van der Waals surface area contributed by atoms with E-state index in [1.165, 1.54) is 11.3 Å². The number of benzene rings is 2. The van der Waals surface area contributed by atoms with Gasteiger partial charge in [0, 0.05) is 45.5 Å². The van der Waals surface area contributed by atoms with E-state index in [0.29, 0.717) is 0 Å². The molecule has 2 aromatic carbocycles. The fraction of sp³-hybridized carbons (Fsp3) is 0.409. The van der Waals surface area contributed by atoms with Gasteiger partial charge in [-0.25, -0.2) is 0 Å². The first-order chi connectivity index (χ1) is 13.7. The fourth-order valence-electron chi connectivity index (χ4n) is 3.52. The lowest BCUT2D eigenvalue weighted by Gasteiger charge is -2.37. The van der Waals surface area contributed by atoms with Gasteiger partial charge in [0.15, 0.2) is 5.96 Å². The van der Waals surface area contributed by atoms with Crippen LogP contribution >= 0.6 is 24.0 Å². The third kappa shape index (κ3) is 6.16. The molecule has 1 aliphatic rings. The number of piperazine rings is 1. The SMILES string of the molecule is CN=C(NCCc1ccccc1OC)N1CCN(c2ccc(OC)cc2)CC1.I. The molecule has 0 spiro atoms. The minimum atomic E-state index is 0. The third-order valence-electron chi connectivity index (χ3n) is 5.10. The van der Waals surface area contributed by atoms with E-state index in [-0.39, 0.29) is 24.0 Å². The van der Waals surface area contributed by atoms with Crippen molar-refractivity contribution in [2.75, 3.05) is 58.9 Å². The lowest BCUT2D eigenvalue weighted by Crippen LogP contribution is -2.52. The highest BCUT2D eigenvalue weighted by Gasteiger charge is 2.19. The number of halogens is 1. The van der Waals surface area contributed by atoms with Gasteiger partial charge in [-0.15, -0.1) is 24.0 Å². The molecule has 7 heteroatoms. The Balaban J connectivity index is 0.00000300. The summed E-state index contributed by atoms with van der Waals surface area (Å²) >= 11 is 0. The molecule has 0 bridgehead atoms. The first-order valence-corrected chi connectivity index (χ1v) is 9.71. The molecule has 0 amide bonds. The smallest absolute Gasteiger partial charge is 0.193 e. The molecule has 29 heavy (non-hydrogen) atoms. The normalized spacial score (nSPS) is 14.2. The zero-order chi connectivity index (χ0) is 19.8. The van der Waals surface area contributed by atoms with Crippen molar-refractivity contribution in [1.29, 1.82) is 0 Å². The molecule has 1 heterocycles. The van der Waals surface area contributed by atoms with Crippen molar-refractivity contribution in [3.8, 4) is 11.5 Å². The molecule has 0 saturated carbocycles. The molecule has 0 aliphatic carbocycles. The molecular formula is C22H31IN4O2. The van der Waals surface area contributed by atoms with Crippen molar-refractivity contribution >= 4 is 35.6 Å². The number of nitrogens with zero attached hydrogens (tertiary/aromatic N) is 3. The van der Waals surface area contributed by atoms with Crippen molar-refractivity contribution < 1.29 is 9.47 Å². The monoisotopic (exact) mass is 510 g/mol. The summed E-state index contributed by atoms with van der Waals surface area (Å²) in [7, 11) is 5.26. The minimum absolute atomic E-state index is 0. The van der Waals surface area contributed by atoms with Crippen LogP contribution < -0.4 is 19.7 Å². The van der Waals surface area contributed by atoms with Gasteiger partial charge < -0.3 is 24.6 Å². The summed E-state index contributed by atoms with van der Waals surface area (Å²) in [6.07, 6.45) is 0.898. The van der Waals surface area contributed by atoms with Crippen LogP contribution in [-0.4, -0.2) is 64.9 Å². The molecule has 0 aromatic heterocycles. The van der Waals surface area contributed by atoms with Crippen LogP contribution in [0.15, 0.2) is 53.5 Å². The highest BCUT2D eigenvalue weighted by atomic mass is 127. The highest BCUT2D eigenvalue weighted by molar-refractivity contribution is 14.0. The minimum Gasteiger partial charge on any atom is -0.497 e. The number of hydrogen-bond acceptors (Lipinski definition) is 4. The Labute approximate surface area is 190 Å². The number of para-hydroxylation sites is 1. The lowest BCUT2D eigenvalue weighted by atomic mass is 10.1. The zero-order valence-corrected chi connectivity index (χ0v) is 19.8. The molecule has 0 atom stereocenters.